The summed E-state index contributed by atoms with van der Waals surface area (Å²) < 4.78 is 2.05. The number of aromatic nitrogens is 1. The van der Waals surface area contributed by atoms with Crippen LogP contribution in [-0.2, 0) is 16.0 Å². The van der Waals surface area contributed by atoms with Crippen molar-refractivity contribution in [2.45, 2.75) is 32.6 Å². The first-order chi connectivity index (χ1) is 17.7. The van der Waals surface area contributed by atoms with Crippen LogP contribution in [0.3, 0.4) is 0 Å². The van der Waals surface area contributed by atoms with Crippen molar-refractivity contribution in [3.63, 3.8) is 0 Å². The van der Waals surface area contributed by atoms with Gasteiger partial charge in [-0.05, 0) is 28.9 Å². The number of ketones is 1. The van der Waals surface area contributed by atoms with E-state index >= 15 is 0 Å². The molecule has 0 bridgehead atoms. The molecule has 1 aliphatic carbocycles. The van der Waals surface area contributed by atoms with E-state index in [0.717, 1.165) is 27.7 Å². The number of nitrogens with one attached hydrogen (secondary N) is 2. The lowest BCUT2D eigenvalue weighted by Gasteiger charge is -2.30. The Hall–Kier alpha value is -4.52. The third-order valence-electron chi connectivity index (χ3n) is 7.21. The predicted molar refractivity (Wildman–Crippen MR) is 140 cm³/mol. The molecule has 2 N–H and O–H groups in total. The second kappa shape index (κ2) is 8.27. The Kier molecular flexibility index (Phi) is 5.12. The van der Waals surface area contributed by atoms with Gasteiger partial charge in [0.2, 0.25) is 11.8 Å². The van der Waals surface area contributed by atoms with Gasteiger partial charge in [0.15, 0.2) is 5.78 Å². The average molecular weight is 492 g/mol. The average Bonchev–Trinajstić information content (AvgIpc) is 3.17. The normalized spacial score (nSPS) is 17.5. The summed E-state index contributed by atoms with van der Waals surface area (Å²) in [5.41, 5.74) is 3.43. The van der Waals surface area contributed by atoms with Gasteiger partial charge in [-0.2, -0.15) is 0 Å². The van der Waals surface area contributed by atoms with Crippen LogP contribution in [0.1, 0.15) is 47.8 Å². The zero-order valence-electron chi connectivity index (χ0n) is 20.5. The summed E-state index contributed by atoms with van der Waals surface area (Å²) >= 11 is 0. The van der Waals surface area contributed by atoms with Crippen molar-refractivity contribution in [1.82, 2.24) is 15.2 Å². The van der Waals surface area contributed by atoms with Crippen LogP contribution in [0.4, 0.5) is 4.79 Å². The summed E-state index contributed by atoms with van der Waals surface area (Å²) in [6.07, 6.45) is 0.863. The molecule has 0 saturated carbocycles. The molecule has 1 aromatic heterocycles. The number of benzene rings is 3. The van der Waals surface area contributed by atoms with E-state index < -0.39 is 23.8 Å². The Balaban J connectivity index is 1.78. The first-order valence-corrected chi connectivity index (χ1v) is 12.2. The van der Waals surface area contributed by atoms with Crippen LogP contribution < -0.4 is 10.6 Å². The highest BCUT2D eigenvalue weighted by Crippen LogP contribution is 2.46. The number of hydrogen-bond donors (Lipinski definition) is 2. The molecule has 0 unspecified atom stereocenters. The molecule has 1 saturated heterocycles. The Morgan fingerprint density at radius 2 is 1.43 bits per heavy atom. The zero-order valence-corrected chi connectivity index (χ0v) is 20.5. The summed E-state index contributed by atoms with van der Waals surface area (Å²) in [6, 6.07) is 22.6. The number of amides is 4. The molecule has 4 amide bonds. The predicted octanol–water partition coefficient (Wildman–Crippen LogP) is 4.90. The smallest absolute Gasteiger partial charge is 0.312 e. The highest BCUT2D eigenvalue weighted by atomic mass is 16.2. The SMILES string of the molecule is CC1(C)CC(=O)c2c(C3C(=O)NC(=O)NC3=O)c(-c3ccccc3)n(-c3cccc4ccccc34)c2C1. The molecule has 0 atom stereocenters. The molecule has 3 aromatic carbocycles. The lowest BCUT2D eigenvalue weighted by atomic mass is 9.74. The van der Waals surface area contributed by atoms with Crippen molar-refractivity contribution in [3.05, 3.63) is 89.6 Å². The molecular weight excluding hydrogens is 466 g/mol. The lowest BCUT2D eigenvalue weighted by Crippen LogP contribution is -2.54. The largest absolute Gasteiger partial charge is 0.328 e. The molecule has 1 fully saturated rings. The number of imide groups is 2. The topological polar surface area (TPSA) is 97.3 Å². The van der Waals surface area contributed by atoms with Gasteiger partial charge >= 0.3 is 6.03 Å². The minimum Gasteiger partial charge on any atom is -0.312 e. The van der Waals surface area contributed by atoms with Gasteiger partial charge in [0.25, 0.3) is 0 Å². The van der Waals surface area contributed by atoms with Gasteiger partial charge in [-0.1, -0.05) is 80.6 Å². The summed E-state index contributed by atoms with van der Waals surface area (Å²) in [6.45, 7) is 4.10. The van der Waals surface area contributed by atoms with Crippen LogP contribution >= 0.6 is 0 Å². The monoisotopic (exact) mass is 491 g/mol. The molecular formula is C30H25N3O4. The van der Waals surface area contributed by atoms with Gasteiger partial charge in [-0.15, -0.1) is 0 Å². The van der Waals surface area contributed by atoms with E-state index in [0.29, 0.717) is 23.2 Å². The van der Waals surface area contributed by atoms with E-state index in [1.807, 2.05) is 72.8 Å². The number of urea groups is 1. The molecule has 2 aliphatic rings. The molecule has 6 rings (SSSR count). The first kappa shape index (κ1) is 22.9. The second-order valence-corrected chi connectivity index (χ2v) is 10.5. The van der Waals surface area contributed by atoms with Gasteiger partial charge in [-0.25, -0.2) is 4.79 Å². The van der Waals surface area contributed by atoms with Crippen LogP contribution in [0.15, 0.2) is 72.8 Å². The minimum atomic E-state index is -1.34. The van der Waals surface area contributed by atoms with Crippen molar-refractivity contribution >= 4 is 34.4 Å². The summed E-state index contributed by atoms with van der Waals surface area (Å²) in [4.78, 5) is 52.0. The Morgan fingerprint density at radius 1 is 0.784 bits per heavy atom. The number of carbonyl (C=O) groups is 4. The van der Waals surface area contributed by atoms with Gasteiger partial charge in [0.1, 0.15) is 5.92 Å². The van der Waals surface area contributed by atoms with E-state index in [4.69, 9.17) is 0 Å². The van der Waals surface area contributed by atoms with Gasteiger partial charge < -0.3 is 4.57 Å². The van der Waals surface area contributed by atoms with Crippen LogP contribution in [0.2, 0.25) is 0 Å². The number of nitrogens with zero attached hydrogens (tertiary/aromatic N) is 1. The second-order valence-electron chi connectivity index (χ2n) is 10.5. The van der Waals surface area contributed by atoms with E-state index in [1.165, 1.54) is 0 Å². The molecule has 0 radical (unpaired) electrons. The molecule has 2 heterocycles. The fourth-order valence-electron chi connectivity index (χ4n) is 5.77. The number of fused-ring (bicyclic) bond motifs is 2. The van der Waals surface area contributed by atoms with Gasteiger partial charge in [0.05, 0.1) is 11.4 Å². The lowest BCUT2D eigenvalue weighted by molar-refractivity contribution is -0.132. The molecule has 37 heavy (non-hydrogen) atoms. The number of Topliss-reactive ketones (excluding diaryl/α,β-unsaturated/α-hetero) is 1. The number of rotatable bonds is 3. The molecule has 1 aliphatic heterocycles. The minimum absolute atomic E-state index is 0.116. The van der Waals surface area contributed by atoms with Gasteiger partial charge in [0, 0.05) is 28.6 Å². The van der Waals surface area contributed by atoms with Gasteiger partial charge in [-0.3, -0.25) is 25.0 Å². The van der Waals surface area contributed by atoms with Crippen LogP contribution in [0.5, 0.6) is 0 Å². The third kappa shape index (κ3) is 3.66. The maximum Gasteiger partial charge on any atom is 0.328 e. The van der Waals surface area contributed by atoms with Crippen molar-refractivity contribution in [2.75, 3.05) is 0 Å². The molecule has 7 nitrogen and oxygen atoms in total. The number of barbiturate groups is 1. The highest BCUT2D eigenvalue weighted by Gasteiger charge is 2.45. The maximum atomic E-state index is 13.8. The van der Waals surface area contributed by atoms with E-state index in [2.05, 4.69) is 29.0 Å². The molecule has 7 heteroatoms. The van der Waals surface area contributed by atoms with E-state index in [9.17, 15) is 19.2 Å². The fraction of sp³-hybridized carbons (Fsp3) is 0.200. The van der Waals surface area contributed by atoms with Crippen LogP contribution in [-0.4, -0.2) is 28.2 Å². The highest BCUT2D eigenvalue weighted by molar-refractivity contribution is 6.21. The van der Waals surface area contributed by atoms with Crippen molar-refractivity contribution in [1.29, 1.82) is 0 Å². The van der Waals surface area contributed by atoms with Crippen molar-refractivity contribution < 1.29 is 19.2 Å². The number of hydrogen-bond acceptors (Lipinski definition) is 4. The summed E-state index contributed by atoms with van der Waals surface area (Å²) in [7, 11) is 0. The first-order valence-electron chi connectivity index (χ1n) is 12.2. The van der Waals surface area contributed by atoms with Crippen molar-refractivity contribution in [3.8, 4) is 16.9 Å². The Labute approximate surface area is 213 Å². The van der Waals surface area contributed by atoms with Crippen molar-refractivity contribution in [2.24, 2.45) is 5.41 Å². The van der Waals surface area contributed by atoms with Crippen LogP contribution in [0, 0.1) is 5.41 Å². The molecule has 184 valence electrons. The van der Waals surface area contributed by atoms with E-state index in [-0.39, 0.29) is 17.6 Å². The zero-order chi connectivity index (χ0) is 25.9. The van der Waals surface area contributed by atoms with Crippen LogP contribution in [0.25, 0.3) is 27.7 Å². The molecule has 0 spiro atoms. The summed E-state index contributed by atoms with van der Waals surface area (Å²) in [5, 5.41) is 6.46. The standard InChI is InChI=1S/C30H25N3O4/c1-30(2)15-21-23(22(34)16-30)24(25-27(35)31-29(37)32-28(25)36)26(18-10-4-3-5-11-18)33(21)20-14-8-12-17-9-6-7-13-19(17)20/h3-14,25H,15-16H2,1-2H3,(H2,31,32,35,36,37). The summed E-state index contributed by atoms with van der Waals surface area (Å²) in [5.74, 6) is -2.93. The number of carbonyl (C=O) groups excluding carboxylic acids is 4. The molecule has 4 aromatic rings. The maximum absolute atomic E-state index is 13.8. The Bertz CT molecular complexity index is 1610. The van der Waals surface area contributed by atoms with E-state index in [1.54, 1.807) is 0 Å². The third-order valence-corrected chi connectivity index (χ3v) is 7.21. The fourth-order valence-corrected chi connectivity index (χ4v) is 5.77. The quantitative estimate of drug-likeness (QED) is 0.398. The Morgan fingerprint density at radius 3 is 2.16 bits per heavy atom.